The Labute approximate surface area is 152 Å². The van der Waals surface area contributed by atoms with Gasteiger partial charge in [-0.1, -0.05) is 43.2 Å². The van der Waals surface area contributed by atoms with Gasteiger partial charge in [0, 0.05) is 24.1 Å². The first-order valence-electron chi connectivity index (χ1n) is 8.42. The summed E-state index contributed by atoms with van der Waals surface area (Å²) >= 11 is 0. The van der Waals surface area contributed by atoms with Crippen LogP contribution < -0.4 is 10.5 Å². The number of primary sulfonamides is 1. The maximum Gasteiger partial charge on any atom is 0.270 e. The fraction of sp³-hybridized carbons (Fsp3) is 0.333. The Bertz CT molecular complexity index is 907. The lowest BCUT2D eigenvalue weighted by molar-refractivity contribution is -0.385. The number of rotatable bonds is 6. The molecule has 0 saturated heterocycles. The van der Waals surface area contributed by atoms with Gasteiger partial charge in [0.15, 0.2) is 0 Å². The quantitative estimate of drug-likeness (QED) is 0.594. The predicted molar refractivity (Wildman–Crippen MR) is 99.5 cm³/mol. The highest BCUT2D eigenvalue weighted by Crippen LogP contribution is 2.41. The van der Waals surface area contributed by atoms with Crippen molar-refractivity contribution in [2.75, 3.05) is 11.9 Å². The van der Waals surface area contributed by atoms with Crippen molar-refractivity contribution in [3.63, 3.8) is 0 Å². The van der Waals surface area contributed by atoms with Crippen LogP contribution in [-0.2, 0) is 15.4 Å². The summed E-state index contributed by atoms with van der Waals surface area (Å²) < 4.78 is 23.8. The number of sulfonamides is 1. The Kier molecular flexibility index (Phi) is 4.97. The SMILES string of the molecule is NS(=O)(=O)c1cc([N+](=O)[O-])ccc1NCC1(c2ccccc2)CCCC1. The van der Waals surface area contributed by atoms with E-state index in [4.69, 9.17) is 5.14 Å². The first-order chi connectivity index (χ1) is 12.3. The maximum atomic E-state index is 11.9. The average Bonchev–Trinajstić information content (AvgIpc) is 3.10. The molecule has 3 N–H and O–H groups in total. The molecule has 2 aromatic carbocycles. The van der Waals surface area contributed by atoms with E-state index in [0.29, 0.717) is 12.2 Å². The fourth-order valence-electron chi connectivity index (χ4n) is 3.68. The molecule has 0 radical (unpaired) electrons. The number of hydrogen-bond donors (Lipinski definition) is 2. The zero-order chi connectivity index (χ0) is 18.8. The Morgan fingerprint density at radius 1 is 1.12 bits per heavy atom. The molecule has 0 atom stereocenters. The first kappa shape index (κ1) is 18.3. The fourth-order valence-corrected chi connectivity index (χ4v) is 4.41. The Morgan fingerprint density at radius 2 is 1.77 bits per heavy atom. The van der Waals surface area contributed by atoms with Crippen LogP contribution in [0.4, 0.5) is 11.4 Å². The van der Waals surface area contributed by atoms with E-state index in [1.165, 1.54) is 17.7 Å². The minimum atomic E-state index is -4.09. The van der Waals surface area contributed by atoms with Crippen LogP contribution in [0.3, 0.4) is 0 Å². The van der Waals surface area contributed by atoms with Crippen molar-refractivity contribution in [1.82, 2.24) is 0 Å². The lowest BCUT2D eigenvalue weighted by Crippen LogP contribution is -2.32. The van der Waals surface area contributed by atoms with E-state index in [2.05, 4.69) is 17.4 Å². The van der Waals surface area contributed by atoms with Crippen molar-refractivity contribution in [3.8, 4) is 0 Å². The summed E-state index contributed by atoms with van der Waals surface area (Å²) in [6.07, 6.45) is 4.22. The van der Waals surface area contributed by atoms with Gasteiger partial charge in [-0.2, -0.15) is 0 Å². The minimum Gasteiger partial charge on any atom is -0.383 e. The smallest absolute Gasteiger partial charge is 0.270 e. The van der Waals surface area contributed by atoms with Crippen molar-refractivity contribution < 1.29 is 13.3 Å². The standard InChI is InChI=1S/C18H21N3O4S/c19-26(24,25)17-12-15(21(22)23)8-9-16(17)20-13-18(10-4-5-11-18)14-6-2-1-3-7-14/h1-3,6-9,12,20H,4-5,10-11,13H2,(H2,19,24,25). The Morgan fingerprint density at radius 3 is 2.35 bits per heavy atom. The number of nitrogens with one attached hydrogen (secondary N) is 1. The molecule has 7 nitrogen and oxygen atoms in total. The molecular weight excluding hydrogens is 354 g/mol. The summed E-state index contributed by atoms with van der Waals surface area (Å²) in [5.74, 6) is 0. The van der Waals surface area contributed by atoms with Crippen molar-refractivity contribution >= 4 is 21.4 Å². The summed E-state index contributed by atoms with van der Waals surface area (Å²) in [6.45, 7) is 0.539. The molecule has 8 heteroatoms. The van der Waals surface area contributed by atoms with Crippen molar-refractivity contribution in [2.45, 2.75) is 36.0 Å². The van der Waals surface area contributed by atoms with Gasteiger partial charge < -0.3 is 5.32 Å². The maximum absolute atomic E-state index is 11.9. The minimum absolute atomic E-state index is 0.0847. The molecule has 0 aromatic heterocycles. The zero-order valence-corrected chi connectivity index (χ0v) is 15.0. The lowest BCUT2D eigenvalue weighted by Gasteiger charge is -2.30. The second-order valence-corrected chi connectivity index (χ2v) is 8.22. The van der Waals surface area contributed by atoms with E-state index in [0.717, 1.165) is 31.7 Å². The summed E-state index contributed by atoms with van der Waals surface area (Å²) in [5.41, 5.74) is 1.11. The molecular formula is C18H21N3O4S. The molecule has 1 fully saturated rings. The van der Waals surface area contributed by atoms with Gasteiger partial charge in [-0.25, -0.2) is 13.6 Å². The number of nitro benzene ring substituents is 1. The molecule has 0 heterocycles. The Hall–Kier alpha value is -2.45. The lowest BCUT2D eigenvalue weighted by atomic mass is 9.79. The van der Waals surface area contributed by atoms with Crippen LogP contribution in [0.15, 0.2) is 53.4 Å². The van der Waals surface area contributed by atoms with E-state index >= 15 is 0 Å². The number of nitro groups is 1. The van der Waals surface area contributed by atoms with Crippen LogP contribution in [0.1, 0.15) is 31.2 Å². The van der Waals surface area contributed by atoms with E-state index in [1.54, 1.807) is 0 Å². The van der Waals surface area contributed by atoms with Crippen LogP contribution in [-0.4, -0.2) is 19.9 Å². The van der Waals surface area contributed by atoms with Crippen molar-refractivity contribution in [2.24, 2.45) is 5.14 Å². The summed E-state index contributed by atoms with van der Waals surface area (Å²) in [5, 5.41) is 19.4. The number of non-ortho nitro benzene ring substituents is 1. The highest BCUT2D eigenvalue weighted by Gasteiger charge is 2.35. The van der Waals surface area contributed by atoms with Crippen molar-refractivity contribution in [1.29, 1.82) is 0 Å². The number of anilines is 1. The monoisotopic (exact) mass is 375 g/mol. The molecule has 0 spiro atoms. The van der Waals surface area contributed by atoms with Gasteiger partial charge in [-0.15, -0.1) is 0 Å². The van der Waals surface area contributed by atoms with Gasteiger partial charge in [0.2, 0.25) is 10.0 Å². The number of benzene rings is 2. The highest BCUT2D eigenvalue weighted by molar-refractivity contribution is 7.89. The van der Waals surface area contributed by atoms with Crippen LogP contribution in [0.5, 0.6) is 0 Å². The molecule has 0 aliphatic heterocycles. The molecule has 26 heavy (non-hydrogen) atoms. The Balaban J connectivity index is 1.92. The molecule has 1 aliphatic carbocycles. The second-order valence-electron chi connectivity index (χ2n) is 6.69. The van der Waals surface area contributed by atoms with Gasteiger partial charge in [0.05, 0.1) is 10.6 Å². The van der Waals surface area contributed by atoms with Gasteiger partial charge >= 0.3 is 0 Å². The molecule has 1 saturated carbocycles. The first-order valence-corrected chi connectivity index (χ1v) is 9.97. The van der Waals surface area contributed by atoms with Crippen LogP contribution in [0, 0.1) is 10.1 Å². The highest BCUT2D eigenvalue weighted by atomic mass is 32.2. The molecule has 0 bridgehead atoms. The number of nitrogens with two attached hydrogens (primary N) is 1. The van der Waals surface area contributed by atoms with Crippen molar-refractivity contribution in [3.05, 3.63) is 64.2 Å². The molecule has 0 unspecified atom stereocenters. The third-order valence-electron chi connectivity index (χ3n) is 5.05. The second kappa shape index (κ2) is 7.05. The molecule has 2 aromatic rings. The van der Waals surface area contributed by atoms with E-state index in [-0.39, 0.29) is 16.0 Å². The van der Waals surface area contributed by atoms with E-state index in [1.807, 2.05) is 18.2 Å². The summed E-state index contributed by atoms with van der Waals surface area (Å²) in [7, 11) is -4.09. The third kappa shape index (κ3) is 3.71. The third-order valence-corrected chi connectivity index (χ3v) is 6.00. The number of hydrogen-bond acceptors (Lipinski definition) is 5. The largest absolute Gasteiger partial charge is 0.383 e. The van der Waals surface area contributed by atoms with Gasteiger partial charge in [0.1, 0.15) is 4.90 Å². The average molecular weight is 375 g/mol. The van der Waals surface area contributed by atoms with Crippen LogP contribution in [0.25, 0.3) is 0 Å². The van der Waals surface area contributed by atoms with E-state index < -0.39 is 14.9 Å². The molecule has 3 rings (SSSR count). The van der Waals surface area contributed by atoms with Gasteiger partial charge in [0.25, 0.3) is 5.69 Å². The zero-order valence-electron chi connectivity index (χ0n) is 14.2. The van der Waals surface area contributed by atoms with Gasteiger partial charge in [-0.05, 0) is 24.5 Å². The predicted octanol–water partition coefficient (Wildman–Crippen LogP) is 3.17. The number of nitrogens with zero attached hydrogens (tertiary/aromatic N) is 1. The summed E-state index contributed by atoms with van der Waals surface area (Å²) in [4.78, 5) is 10.0. The topological polar surface area (TPSA) is 115 Å². The normalized spacial score (nSPS) is 16.3. The van der Waals surface area contributed by atoms with Gasteiger partial charge in [-0.3, -0.25) is 10.1 Å². The van der Waals surface area contributed by atoms with Crippen LogP contribution in [0.2, 0.25) is 0 Å². The van der Waals surface area contributed by atoms with Crippen LogP contribution >= 0.6 is 0 Å². The molecule has 0 amide bonds. The summed E-state index contributed by atoms with van der Waals surface area (Å²) in [6, 6.07) is 13.8. The molecule has 138 valence electrons. The molecule has 1 aliphatic rings. The van der Waals surface area contributed by atoms with E-state index in [9.17, 15) is 18.5 Å².